The Morgan fingerprint density at radius 1 is 1.42 bits per heavy atom. The van der Waals surface area contributed by atoms with Crippen molar-refractivity contribution in [3.63, 3.8) is 0 Å². The molecule has 0 bridgehead atoms. The van der Waals surface area contributed by atoms with Crippen molar-refractivity contribution in [2.75, 3.05) is 7.11 Å². The fourth-order valence-corrected chi connectivity index (χ4v) is 2.83. The van der Waals surface area contributed by atoms with E-state index in [1.54, 1.807) is 13.2 Å². The van der Waals surface area contributed by atoms with Gasteiger partial charge >= 0.3 is 5.97 Å². The fourth-order valence-electron chi connectivity index (χ4n) is 2.83. The van der Waals surface area contributed by atoms with Gasteiger partial charge in [-0.15, -0.1) is 0 Å². The Hall–Kier alpha value is -2.04. The molecule has 0 amide bonds. The number of hydrogen-bond acceptors (Lipinski definition) is 3. The minimum Gasteiger partial charge on any atom is -0.497 e. The molecule has 1 aliphatic carbocycles. The Kier molecular flexibility index (Phi) is 2.89. The lowest BCUT2D eigenvalue weighted by atomic mass is 10.2. The van der Waals surface area contributed by atoms with Crippen molar-refractivity contribution in [3.05, 3.63) is 23.9 Å². The Morgan fingerprint density at radius 2 is 2.16 bits per heavy atom. The average Bonchev–Trinajstić information content (AvgIpc) is 3.04. The minimum absolute atomic E-state index is 0.112. The number of nitrogens with zero attached hydrogens (tertiary/aromatic N) is 2. The number of rotatable bonds is 3. The lowest BCUT2D eigenvalue weighted by Gasteiger charge is -2.11. The van der Waals surface area contributed by atoms with Crippen LogP contribution in [0.25, 0.3) is 10.9 Å². The van der Waals surface area contributed by atoms with Gasteiger partial charge in [0.05, 0.1) is 18.7 Å². The predicted molar refractivity (Wildman–Crippen MR) is 70.7 cm³/mol. The zero-order valence-electron chi connectivity index (χ0n) is 10.8. The van der Waals surface area contributed by atoms with E-state index in [0.717, 1.165) is 18.4 Å². The van der Waals surface area contributed by atoms with Crippen LogP contribution in [0.5, 0.6) is 5.75 Å². The van der Waals surface area contributed by atoms with Crippen molar-refractivity contribution in [2.24, 2.45) is 0 Å². The van der Waals surface area contributed by atoms with E-state index in [2.05, 4.69) is 5.10 Å². The molecule has 0 saturated heterocycles. The number of benzene rings is 1. The third-order valence-corrected chi connectivity index (χ3v) is 3.79. The van der Waals surface area contributed by atoms with Crippen LogP contribution in [-0.4, -0.2) is 28.0 Å². The topological polar surface area (TPSA) is 64.3 Å². The van der Waals surface area contributed by atoms with Crippen LogP contribution in [-0.2, 0) is 0 Å². The molecule has 1 aliphatic rings. The summed E-state index contributed by atoms with van der Waals surface area (Å²) in [4.78, 5) is 11.3. The molecule has 3 rings (SSSR count). The van der Waals surface area contributed by atoms with E-state index < -0.39 is 5.97 Å². The largest absolute Gasteiger partial charge is 0.497 e. The lowest BCUT2D eigenvalue weighted by molar-refractivity contribution is 0.0691. The summed E-state index contributed by atoms with van der Waals surface area (Å²) in [6, 6.07) is 5.81. The Morgan fingerprint density at radius 3 is 2.79 bits per heavy atom. The summed E-state index contributed by atoms with van der Waals surface area (Å²) in [6.45, 7) is 0. The second-order valence-electron chi connectivity index (χ2n) is 4.92. The summed E-state index contributed by atoms with van der Waals surface area (Å²) >= 11 is 0. The number of fused-ring (bicyclic) bond motifs is 1. The van der Waals surface area contributed by atoms with E-state index in [-0.39, 0.29) is 5.69 Å². The van der Waals surface area contributed by atoms with Crippen LogP contribution in [0.1, 0.15) is 42.2 Å². The molecule has 100 valence electrons. The molecule has 0 radical (unpaired) electrons. The molecule has 19 heavy (non-hydrogen) atoms. The van der Waals surface area contributed by atoms with Crippen molar-refractivity contribution in [1.29, 1.82) is 0 Å². The van der Waals surface area contributed by atoms with Gasteiger partial charge in [0.2, 0.25) is 0 Å². The van der Waals surface area contributed by atoms with Crippen molar-refractivity contribution < 1.29 is 14.6 Å². The molecule has 1 saturated carbocycles. The molecule has 0 unspecified atom stereocenters. The van der Waals surface area contributed by atoms with Crippen LogP contribution in [0.3, 0.4) is 0 Å². The van der Waals surface area contributed by atoms with Crippen LogP contribution in [0.2, 0.25) is 0 Å². The molecule has 5 nitrogen and oxygen atoms in total. The van der Waals surface area contributed by atoms with Crippen LogP contribution < -0.4 is 4.74 Å². The zero-order valence-corrected chi connectivity index (χ0v) is 10.8. The number of aromatic nitrogens is 2. The van der Waals surface area contributed by atoms with Crippen LogP contribution in [0.15, 0.2) is 18.2 Å². The van der Waals surface area contributed by atoms with E-state index >= 15 is 0 Å². The molecule has 1 heterocycles. The normalized spacial score (nSPS) is 16.1. The molecule has 1 N–H and O–H groups in total. The summed E-state index contributed by atoms with van der Waals surface area (Å²) in [5.74, 6) is -0.337. The lowest BCUT2D eigenvalue weighted by Crippen LogP contribution is -2.08. The van der Waals surface area contributed by atoms with Gasteiger partial charge < -0.3 is 9.84 Å². The smallest absolute Gasteiger partial charge is 0.357 e. The highest BCUT2D eigenvalue weighted by atomic mass is 16.5. The van der Waals surface area contributed by atoms with Gasteiger partial charge in [-0.1, -0.05) is 12.8 Å². The maximum atomic E-state index is 11.3. The quantitative estimate of drug-likeness (QED) is 0.921. The summed E-state index contributed by atoms with van der Waals surface area (Å²) in [7, 11) is 1.57. The summed E-state index contributed by atoms with van der Waals surface area (Å²) in [5.41, 5.74) is 0.992. The predicted octanol–water partition coefficient (Wildman–Crippen LogP) is 2.86. The molecular formula is C14H16N2O3. The summed E-state index contributed by atoms with van der Waals surface area (Å²) in [5, 5.41) is 14.2. The van der Waals surface area contributed by atoms with Gasteiger partial charge in [0, 0.05) is 5.39 Å². The van der Waals surface area contributed by atoms with Crippen LogP contribution in [0.4, 0.5) is 0 Å². The first-order chi connectivity index (χ1) is 9.20. The Balaban J connectivity index is 2.20. The molecule has 1 aromatic heterocycles. The number of ether oxygens (including phenoxy) is 1. The standard InChI is InChI=1S/C14H16N2O3/c1-19-10-6-7-12-11(8-10)13(14(17)18)15-16(12)9-4-2-3-5-9/h6-9H,2-5H2,1H3,(H,17,18). The van der Waals surface area contributed by atoms with Gasteiger partial charge in [-0.25, -0.2) is 4.79 Å². The third kappa shape index (κ3) is 1.95. The van der Waals surface area contributed by atoms with Gasteiger partial charge in [-0.05, 0) is 31.0 Å². The molecule has 1 fully saturated rings. The number of hydrogen-bond donors (Lipinski definition) is 1. The number of carboxylic acids is 1. The maximum Gasteiger partial charge on any atom is 0.357 e. The van der Waals surface area contributed by atoms with E-state index in [1.807, 2.05) is 16.8 Å². The van der Waals surface area contributed by atoms with Crippen molar-refractivity contribution >= 4 is 16.9 Å². The molecule has 2 aromatic rings. The Labute approximate surface area is 110 Å². The molecule has 0 atom stereocenters. The van der Waals surface area contributed by atoms with Gasteiger partial charge in [-0.3, -0.25) is 4.68 Å². The highest BCUT2D eigenvalue weighted by Crippen LogP contribution is 2.33. The van der Waals surface area contributed by atoms with Crippen molar-refractivity contribution in [1.82, 2.24) is 9.78 Å². The molecule has 0 spiro atoms. The number of carbonyl (C=O) groups is 1. The summed E-state index contributed by atoms with van der Waals surface area (Å²) in [6.07, 6.45) is 4.51. The maximum absolute atomic E-state index is 11.3. The highest BCUT2D eigenvalue weighted by molar-refractivity contribution is 6.01. The zero-order chi connectivity index (χ0) is 13.4. The van der Waals surface area contributed by atoms with Crippen molar-refractivity contribution in [3.8, 4) is 5.75 Å². The van der Waals surface area contributed by atoms with Crippen LogP contribution >= 0.6 is 0 Å². The van der Waals surface area contributed by atoms with E-state index in [1.165, 1.54) is 12.8 Å². The second-order valence-corrected chi connectivity index (χ2v) is 4.92. The monoisotopic (exact) mass is 260 g/mol. The Bertz CT molecular complexity index is 627. The van der Waals surface area contributed by atoms with Gasteiger partial charge in [0.15, 0.2) is 5.69 Å². The third-order valence-electron chi connectivity index (χ3n) is 3.79. The molecule has 0 aliphatic heterocycles. The first kappa shape index (κ1) is 12.0. The number of carboxylic acid groups (broad SMARTS) is 1. The van der Waals surface area contributed by atoms with E-state index in [0.29, 0.717) is 17.2 Å². The van der Waals surface area contributed by atoms with Gasteiger partial charge in [-0.2, -0.15) is 5.10 Å². The minimum atomic E-state index is -0.991. The van der Waals surface area contributed by atoms with Gasteiger partial charge in [0.25, 0.3) is 0 Å². The van der Waals surface area contributed by atoms with E-state index in [4.69, 9.17) is 4.74 Å². The molecule has 5 heteroatoms. The summed E-state index contributed by atoms with van der Waals surface area (Å²) < 4.78 is 7.04. The van der Waals surface area contributed by atoms with Crippen LogP contribution in [0, 0.1) is 0 Å². The molecular weight excluding hydrogens is 244 g/mol. The highest BCUT2D eigenvalue weighted by Gasteiger charge is 2.24. The fraction of sp³-hybridized carbons (Fsp3) is 0.429. The average molecular weight is 260 g/mol. The second kappa shape index (κ2) is 4.57. The number of aromatic carboxylic acids is 1. The first-order valence-electron chi connectivity index (χ1n) is 6.50. The SMILES string of the molecule is COc1ccc2c(c1)c(C(=O)O)nn2C1CCCC1. The first-order valence-corrected chi connectivity index (χ1v) is 6.50. The van der Waals surface area contributed by atoms with Gasteiger partial charge in [0.1, 0.15) is 5.75 Å². The molecule has 1 aromatic carbocycles. The number of methoxy groups -OCH3 is 1. The van der Waals surface area contributed by atoms with E-state index in [9.17, 15) is 9.90 Å². The van der Waals surface area contributed by atoms with Crippen molar-refractivity contribution in [2.45, 2.75) is 31.7 Å².